The molecule has 1 heterocycles. The summed E-state index contributed by atoms with van der Waals surface area (Å²) in [6.45, 7) is 6.24. The van der Waals surface area contributed by atoms with E-state index in [0.717, 1.165) is 30.7 Å². The summed E-state index contributed by atoms with van der Waals surface area (Å²) >= 11 is 0. The van der Waals surface area contributed by atoms with Crippen LogP contribution in [0.5, 0.6) is 0 Å². The van der Waals surface area contributed by atoms with Gasteiger partial charge >= 0.3 is 0 Å². The van der Waals surface area contributed by atoms with E-state index in [1.807, 2.05) is 13.0 Å². The first-order chi connectivity index (χ1) is 9.15. The highest BCUT2D eigenvalue weighted by molar-refractivity contribution is 5.05. The van der Waals surface area contributed by atoms with E-state index in [0.29, 0.717) is 6.04 Å². The van der Waals surface area contributed by atoms with Gasteiger partial charge in [-0.05, 0) is 45.9 Å². The maximum Gasteiger partial charge on any atom is 0.118 e. The van der Waals surface area contributed by atoms with Crippen molar-refractivity contribution in [2.75, 3.05) is 13.6 Å². The van der Waals surface area contributed by atoms with Crippen LogP contribution in [0.2, 0.25) is 0 Å². The fourth-order valence-electron chi connectivity index (χ4n) is 2.77. The number of nitrogens with one attached hydrogen (secondary N) is 1. The van der Waals surface area contributed by atoms with E-state index < -0.39 is 0 Å². The van der Waals surface area contributed by atoms with Crippen molar-refractivity contribution in [2.45, 2.75) is 64.6 Å². The van der Waals surface area contributed by atoms with Gasteiger partial charge in [-0.25, -0.2) is 0 Å². The second-order valence-electron chi connectivity index (χ2n) is 6.02. The number of aryl methyl sites for hydroxylation is 1. The number of likely N-dealkylation sites (N-methyl/N-ethyl adjacent to an activating group) is 1. The van der Waals surface area contributed by atoms with Gasteiger partial charge < -0.3 is 9.73 Å². The largest absolute Gasteiger partial charge is 0.465 e. The molecule has 1 N–H and O–H groups in total. The van der Waals surface area contributed by atoms with Crippen LogP contribution in [0.25, 0.3) is 0 Å². The summed E-state index contributed by atoms with van der Waals surface area (Å²) in [6, 6.07) is 5.39. The number of hydrogen-bond donors (Lipinski definition) is 1. The lowest BCUT2D eigenvalue weighted by atomic mass is 9.95. The second-order valence-corrected chi connectivity index (χ2v) is 6.02. The number of rotatable bonds is 6. The van der Waals surface area contributed by atoms with Gasteiger partial charge in [-0.15, -0.1) is 0 Å². The summed E-state index contributed by atoms with van der Waals surface area (Å²) in [6.07, 6.45) is 6.92. The average molecular weight is 264 g/mol. The molecule has 0 aliphatic heterocycles. The molecule has 1 aromatic heterocycles. The molecule has 0 radical (unpaired) electrons. The molecule has 3 nitrogen and oxygen atoms in total. The summed E-state index contributed by atoms with van der Waals surface area (Å²) in [5.74, 6) is 2.06. The lowest BCUT2D eigenvalue weighted by Crippen LogP contribution is -2.42. The second kappa shape index (κ2) is 7.11. The first-order valence-corrected chi connectivity index (χ1v) is 7.64. The van der Waals surface area contributed by atoms with E-state index in [4.69, 9.17) is 4.42 Å². The highest BCUT2D eigenvalue weighted by Gasteiger charge is 2.16. The van der Waals surface area contributed by atoms with Gasteiger partial charge in [-0.1, -0.05) is 19.3 Å². The molecule has 0 spiro atoms. The Balaban J connectivity index is 1.70. The van der Waals surface area contributed by atoms with Crippen molar-refractivity contribution in [3.05, 3.63) is 23.7 Å². The van der Waals surface area contributed by atoms with Gasteiger partial charge in [0.15, 0.2) is 0 Å². The standard InChI is InChI=1S/C16H28N2O/c1-13(11-17-15-7-5-4-6-8-15)18(3)12-16-10-9-14(2)19-16/h9-10,13,15,17H,4-8,11-12H2,1-3H3. The molecule has 0 aromatic carbocycles. The van der Waals surface area contributed by atoms with Crippen LogP contribution in [0, 0.1) is 6.92 Å². The molecule has 1 fully saturated rings. The minimum Gasteiger partial charge on any atom is -0.465 e. The van der Waals surface area contributed by atoms with E-state index in [1.54, 1.807) is 0 Å². The van der Waals surface area contributed by atoms with Gasteiger partial charge in [0.05, 0.1) is 6.54 Å². The fraction of sp³-hybridized carbons (Fsp3) is 0.750. The molecule has 0 saturated heterocycles. The Hall–Kier alpha value is -0.800. The van der Waals surface area contributed by atoms with Crippen molar-refractivity contribution in [3.8, 4) is 0 Å². The topological polar surface area (TPSA) is 28.4 Å². The molecule has 1 aliphatic carbocycles. The number of hydrogen-bond acceptors (Lipinski definition) is 3. The monoisotopic (exact) mass is 264 g/mol. The summed E-state index contributed by atoms with van der Waals surface area (Å²) < 4.78 is 5.64. The average Bonchev–Trinajstić information content (AvgIpc) is 2.82. The minimum absolute atomic E-state index is 0.535. The molecule has 1 unspecified atom stereocenters. The van der Waals surface area contributed by atoms with Crippen molar-refractivity contribution in [2.24, 2.45) is 0 Å². The van der Waals surface area contributed by atoms with Crippen LogP contribution < -0.4 is 5.32 Å². The lowest BCUT2D eigenvalue weighted by Gasteiger charge is -2.28. The Labute approximate surface area is 117 Å². The molecule has 1 atom stereocenters. The minimum atomic E-state index is 0.535. The molecular weight excluding hydrogens is 236 g/mol. The Morgan fingerprint density at radius 3 is 2.68 bits per heavy atom. The van der Waals surface area contributed by atoms with Crippen molar-refractivity contribution >= 4 is 0 Å². The number of nitrogens with zero attached hydrogens (tertiary/aromatic N) is 1. The summed E-state index contributed by atoms with van der Waals surface area (Å²) in [4.78, 5) is 2.36. The third-order valence-electron chi connectivity index (χ3n) is 4.26. The van der Waals surface area contributed by atoms with Crippen LogP contribution in [0.3, 0.4) is 0 Å². The van der Waals surface area contributed by atoms with E-state index in [1.165, 1.54) is 32.1 Å². The highest BCUT2D eigenvalue weighted by atomic mass is 16.3. The van der Waals surface area contributed by atoms with Crippen molar-refractivity contribution in [3.63, 3.8) is 0 Å². The molecule has 1 aromatic rings. The van der Waals surface area contributed by atoms with E-state index in [9.17, 15) is 0 Å². The predicted molar refractivity (Wildman–Crippen MR) is 79.2 cm³/mol. The molecule has 1 saturated carbocycles. The summed E-state index contributed by atoms with van der Waals surface area (Å²) in [5, 5.41) is 3.72. The predicted octanol–water partition coefficient (Wildman–Crippen LogP) is 3.33. The normalized spacial score (nSPS) is 18.9. The van der Waals surface area contributed by atoms with Gasteiger partial charge in [-0.3, -0.25) is 4.90 Å². The molecule has 108 valence electrons. The Kier molecular flexibility index (Phi) is 5.46. The first-order valence-electron chi connectivity index (χ1n) is 7.64. The van der Waals surface area contributed by atoms with Gasteiger partial charge in [-0.2, -0.15) is 0 Å². The van der Waals surface area contributed by atoms with E-state index in [2.05, 4.69) is 30.3 Å². The number of furan rings is 1. The Morgan fingerprint density at radius 1 is 1.32 bits per heavy atom. The van der Waals surface area contributed by atoms with Crippen LogP contribution in [0.15, 0.2) is 16.5 Å². The van der Waals surface area contributed by atoms with E-state index >= 15 is 0 Å². The van der Waals surface area contributed by atoms with Gasteiger partial charge in [0.1, 0.15) is 11.5 Å². The molecule has 19 heavy (non-hydrogen) atoms. The fourth-order valence-corrected chi connectivity index (χ4v) is 2.77. The van der Waals surface area contributed by atoms with Crippen molar-refractivity contribution in [1.82, 2.24) is 10.2 Å². The zero-order valence-electron chi connectivity index (χ0n) is 12.6. The molecule has 2 rings (SSSR count). The Morgan fingerprint density at radius 2 is 2.05 bits per heavy atom. The van der Waals surface area contributed by atoms with Crippen molar-refractivity contribution in [1.29, 1.82) is 0 Å². The maximum absolute atomic E-state index is 5.64. The maximum atomic E-state index is 5.64. The van der Waals surface area contributed by atoms with Crippen LogP contribution >= 0.6 is 0 Å². The zero-order chi connectivity index (χ0) is 13.7. The summed E-state index contributed by atoms with van der Waals surface area (Å²) in [5.41, 5.74) is 0. The molecule has 0 amide bonds. The van der Waals surface area contributed by atoms with Gasteiger partial charge in [0.2, 0.25) is 0 Å². The van der Waals surface area contributed by atoms with E-state index in [-0.39, 0.29) is 0 Å². The van der Waals surface area contributed by atoms with Crippen LogP contribution in [0.1, 0.15) is 50.5 Å². The molecule has 0 bridgehead atoms. The zero-order valence-corrected chi connectivity index (χ0v) is 12.6. The third kappa shape index (κ3) is 4.66. The first kappa shape index (κ1) is 14.6. The van der Waals surface area contributed by atoms with Gasteiger partial charge in [0.25, 0.3) is 0 Å². The van der Waals surface area contributed by atoms with Crippen LogP contribution in [-0.4, -0.2) is 30.6 Å². The smallest absolute Gasteiger partial charge is 0.118 e. The molecule has 1 aliphatic rings. The quantitative estimate of drug-likeness (QED) is 0.854. The van der Waals surface area contributed by atoms with Crippen LogP contribution in [-0.2, 0) is 6.54 Å². The van der Waals surface area contributed by atoms with Crippen molar-refractivity contribution < 1.29 is 4.42 Å². The van der Waals surface area contributed by atoms with Gasteiger partial charge in [0, 0.05) is 18.6 Å². The molecule has 3 heteroatoms. The SMILES string of the molecule is Cc1ccc(CN(C)C(C)CNC2CCCCC2)o1. The lowest BCUT2D eigenvalue weighted by molar-refractivity contribution is 0.213. The van der Waals surface area contributed by atoms with Crippen LogP contribution in [0.4, 0.5) is 0 Å². The third-order valence-corrected chi connectivity index (χ3v) is 4.26. The highest BCUT2D eigenvalue weighted by Crippen LogP contribution is 2.17. The summed E-state index contributed by atoms with van der Waals surface area (Å²) in [7, 11) is 2.17. The molecular formula is C16H28N2O. The Bertz CT molecular complexity index is 369.